The highest BCUT2D eigenvalue weighted by Gasteiger charge is 2.18. The molecule has 0 unspecified atom stereocenters. The Morgan fingerprint density at radius 2 is 1.96 bits per heavy atom. The fraction of sp³-hybridized carbons (Fsp3) is 0.235. The summed E-state index contributed by atoms with van der Waals surface area (Å²) in [5, 5.41) is 5.27. The van der Waals surface area contributed by atoms with Gasteiger partial charge in [0.2, 0.25) is 15.9 Å². The Labute approximate surface area is 152 Å². The zero-order valence-electron chi connectivity index (χ0n) is 14.5. The SMILES string of the molecule is CC(=O)Nc1cccc(N(CCNC(=O)c2cccnc2)S(C)(=O)=O)c1. The van der Waals surface area contributed by atoms with E-state index in [2.05, 4.69) is 15.6 Å². The Morgan fingerprint density at radius 3 is 2.58 bits per heavy atom. The Kier molecular flexibility index (Phi) is 6.29. The molecule has 0 saturated carbocycles. The summed E-state index contributed by atoms with van der Waals surface area (Å²) in [6, 6.07) is 9.75. The van der Waals surface area contributed by atoms with Crippen LogP contribution in [0.4, 0.5) is 11.4 Å². The first-order valence-electron chi connectivity index (χ1n) is 7.81. The number of rotatable bonds is 7. The van der Waals surface area contributed by atoms with Crippen LogP contribution in [0.3, 0.4) is 0 Å². The van der Waals surface area contributed by atoms with Crippen molar-refractivity contribution < 1.29 is 18.0 Å². The predicted molar refractivity (Wildman–Crippen MR) is 99.5 cm³/mol. The van der Waals surface area contributed by atoms with Crippen LogP contribution >= 0.6 is 0 Å². The zero-order chi connectivity index (χ0) is 19.2. The molecule has 2 amide bonds. The maximum absolute atomic E-state index is 12.1. The number of pyridine rings is 1. The van der Waals surface area contributed by atoms with Gasteiger partial charge in [-0.05, 0) is 30.3 Å². The molecular weight excluding hydrogens is 356 g/mol. The van der Waals surface area contributed by atoms with Crippen molar-refractivity contribution in [3.8, 4) is 0 Å². The Bertz CT molecular complexity index is 885. The van der Waals surface area contributed by atoms with Crippen LogP contribution in [0, 0.1) is 0 Å². The van der Waals surface area contributed by atoms with Crippen LogP contribution in [0.5, 0.6) is 0 Å². The molecule has 1 aromatic carbocycles. The van der Waals surface area contributed by atoms with E-state index in [9.17, 15) is 18.0 Å². The molecule has 2 N–H and O–H groups in total. The van der Waals surface area contributed by atoms with Crippen molar-refractivity contribution in [1.29, 1.82) is 0 Å². The second kappa shape index (κ2) is 8.43. The van der Waals surface area contributed by atoms with E-state index in [1.807, 2.05) is 0 Å². The molecule has 2 rings (SSSR count). The first kappa shape index (κ1) is 19.4. The van der Waals surface area contributed by atoms with Crippen LogP contribution in [0.1, 0.15) is 17.3 Å². The number of nitrogens with zero attached hydrogens (tertiary/aromatic N) is 2. The molecule has 0 atom stereocenters. The van der Waals surface area contributed by atoms with Crippen LogP contribution in [-0.4, -0.2) is 44.6 Å². The third kappa shape index (κ3) is 5.55. The highest BCUT2D eigenvalue weighted by atomic mass is 32.2. The number of sulfonamides is 1. The number of carbonyl (C=O) groups excluding carboxylic acids is 2. The van der Waals surface area contributed by atoms with Crippen molar-refractivity contribution in [2.24, 2.45) is 0 Å². The highest BCUT2D eigenvalue weighted by Crippen LogP contribution is 2.21. The van der Waals surface area contributed by atoms with Crippen LogP contribution in [0.25, 0.3) is 0 Å². The molecule has 2 aromatic rings. The molecule has 0 saturated heterocycles. The summed E-state index contributed by atoms with van der Waals surface area (Å²) in [7, 11) is -3.57. The minimum Gasteiger partial charge on any atom is -0.350 e. The Hall–Kier alpha value is -2.94. The van der Waals surface area contributed by atoms with E-state index in [-0.39, 0.29) is 24.9 Å². The number of benzene rings is 1. The lowest BCUT2D eigenvalue weighted by Crippen LogP contribution is -2.38. The van der Waals surface area contributed by atoms with E-state index in [1.54, 1.807) is 42.6 Å². The van der Waals surface area contributed by atoms with E-state index in [0.717, 1.165) is 6.26 Å². The van der Waals surface area contributed by atoms with E-state index < -0.39 is 10.0 Å². The summed E-state index contributed by atoms with van der Waals surface area (Å²) in [6.07, 6.45) is 4.08. The molecule has 138 valence electrons. The van der Waals surface area contributed by atoms with Gasteiger partial charge in [-0.15, -0.1) is 0 Å². The monoisotopic (exact) mass is 376 g/mol. The van der Waals surface area contributed by atoms with Gasteiger partial charge in [0.15, 0.2) is 0 Å². The van der Waals surface area contributed by atoms with Gasteiger partial charge in [-0.1, -0.05) is 6.07 Å². The first-order chi connectivity index (χ1) is 12.3. The average Bonchev–Trinajstić information content (AvgIpc) is 2.58. The molecule has 1 aromatic heterocycles. The molecule has 0 radical (unpaired) electrons. The number of nitrogens with one attached hydrogen (secondary N) is 2. The maximum atomic E-state index is 12.1. The van der Waals surface area contributed by atoms with Crippen LogP contribution < -0.4 is 14.9 Å². The lowest BCUT2D eigenvalue weighted by molar-refractivity contribution is -0.114. The molecule has 0 aliphatic rings. The van der Waals surface area contributed by atoms with Gasteiger partial charge in [-0.2, -0.15) is 0 Å². The zero-order valence-corrected chi connectivity index (χ0v) is 15.3. The molecule has 0 bridgehead atoms. The van der Waals surface area contributed by atoms with Crippen molar-refractivity contribution in [1.82, 2.24) is 10.3 Å². The number of hydrogen-bond acceptors (Lipinski definition) is 5. The fourth-order valence-electron chi connectivity index (χ4n) is 2.30. The summed E-state index contributed by atoms with van der Waals surface area (Å²) < 4.78 is 25.4. The summed E-state index contributed by atoms with van der Waals surface area (Å²) in [5.41, 5.74) is 1.28. The van der Waals surface area contributed by atoms with E-state index in [4.69, 9.17) is 0 Å². The van der Waals surface area contributed by atoms with Gasteiger partial charge in [-0.3, -0.25) is 18.9 Å². The summed E-state index contributed by atoms with van der Waals surface area (Å²) in [5.74, 6) is -0.588. The highest BCUT2D eigenvalue weighted by molar-refractivity contribution is 7.92. The lowest BCUT2D eigenvalue weighted by Gasteiger charge is -2.23. The van der Waals surface area contributed by atoms with Crippen molar-refractivity contribution in [3.05, 3.63) is 54.4 Å². The van der Waals surface area contributed by atoms with Crippen molar-refractivity contribution >= 4 is 33.2 Å². The summed E-state index contributed by atoms with van der Waals surface area (Å²) in [6.45, 7) is 1.54. The van der Waals surface area contributed by atoms with Crippen LogP contribution in [0.15, 0.2) is 48.8 Å². The number of carbonyl (C=O) groups is 2. The van der Waals surface area contributed by atoms with Crippen LogP contribution in [0.2, 0.25) is 0 Å². The summed E-state index contributed by atoms with van der Waals surface area (Å²) >= 11 is 0. The first-order valence-corrected chi connectivity index (χ1v) is 9.66. The Morgan fingerprint density at radius 1 is 1.19 bits per heavy atom. The number of amides is 2. The molecule has 0 fully saturated rings. The normalized spacial score (nSPS) is 10.8. The molecule has 9 heteroatoms. The largest absolute Gasteiger partial charge is 0.350 e. The number of aromatic nitrogens is 1. The predicted octanol–water partition coefficient (Wildman–Crippen LogP) is 1.24. The van der Waals surface area contributed by atoms with Gasteiger partial charge < -0.3 is 10.6 Å². The van der Waals surface area contributed by atoms with Gasteiger partial charge in [0.25, 0.3) is 5.91 Å². The molecule has 1 heterocycles. The third-order valence-corrected chi connectivity index (χ3v) is 4.57. The molecule has 0 spiro atoms. The van der Waals surface area contributed by atoms with Gasteiger partial charge in [0.05, 0.1) is 24.1 Å². The second-order valence-electron chi connectivity index (χ2n) is 5.56. The third-order valence-electron chi connectivity index (χ3n) is 3.38. The van der Waals surface area contributed by atoms with E-state index >= 15 is 0 Å². The van der Waals surface area contributed by atoms with Gasteiger partial charge >= 0.3 is 0 Å². The van der Waals surface area contributed by atoms with Gasteiger partial charge in [-0.25, -0.2) is 8.42 Å². The van der Waals surface area contributed by atoms with Crippen molar-refractivity contribution in [2.75, 3.05) is 29.0 Å². The summed E-state index contributed by atoms with van der Waals surface area (Å²) in [4.78, 5) is 27.1. The topological polar surface area (TPSA) is 108 Å². The quantitative estimate of drug-likeness (QED) is 0.756. The minimum atomic E-state index is -3.57. The smallest absolute Gasteiger partial charge is 0.252 e. The molecule has 8 nitrogen and oxygen atoms in total. The van der Waals surface area contributed by atoms with E-state index in [0.29, 0.717) is 16.9 Å². The second-order valence-corrected chi connectivity index (χ2v) is 7.47. The number of hydrogen-bond donors (Lipinski definition) is 2. The minimum absolute atomic E-state index is 0.0500. The Balaban J connectivity index is 2.09. The molecule has 0 aliphatic carbocycles. The van der Waals surface area contributed by atoms with Crippen LogP contribution in [-0.2, 0) is 14.8 Å². The van der Waals surface area contributed by atoms with Crippen molar-refractivity contribution in [3.63, 3.8) is 0 Å². The molecule has 0 aliphatic heterocycles. The van der Waals surface area contributed by atoms with Gasteiger partial charge in [0, 0.05) is 31.5 Å². The maximum Gasteiger partial charge on any atom is 0.252 e. The van der Waals surface area contributed by atoms with E-state index in [1.165, 1.54) is 17.4 Å². The molecule has 26 heavy (non-hydrogen) atoms. The standard InChI is InChI=1S/C17H20N4O4S/c1-13(22)20-15-6-3-7-16(11-15)21(26(2,24)25)10-9-19-17(23)14-5-4-8-18-12-14/h3-8,11-12H,9-10H2,1-2H3,(H,19,23)(H,20,22). The van der Waals surface area contributed by atoms with Gasteiger partial charge in [0.1, 0.15) is 0 Å². The van der Waals surface area contributed by atoms with Crippen molar-refractivity contribution in [2.45, 2.75) is 6.92 Å². The fourth-order valence-corrected chi connectivity index (χ4v) is 3.22. The number of anilines is 2. The average molecular weight is 376 g/mol. The molecular formula is C17H20N4O4S. The lowest BCUT2D eigenvalue weighted by atomic mass is 10.2.